The van der Waals surface area contributed by atoms with Crippen LogP contribution in [0.2, 0.25) is 0 Å². The van der Waals surface area contributed by atoms with E-state index >= 15 is 0 Å². The molecule has 5 heteroatoms. The van der Waals surface area contributed by atoms with E-state index in [1.807, 2.05) is 45.0 Å². The van der Waals surface area contributed by atoms with Crippen molar-refractivity contribution >= 4 is 17.7 Å². The van der Waals surface area contributed by atoms with Gasteiger partial charge in [-0.15, -0.1) is 11.8 Å². The zero-order valence-electron chi connectivity index (χ0n) is 12.3. The van der Waals surface area contributed by atoms with E-state index in [2.05, 4.69) is 5.32 Å². The molecule has 0 amide bonds. The Bertz CT molecular complexity index is 467. The van der Waals surface area contributed by atoms with Crippen molar-refractivity contribution in [1.82, 2.24) is 5.32 Å². The molecule has 1 fully saturated rings. The molecule has 1 N–H and O–H groups in total. The fraction of sp³-hybridized carbons (Fsp3) is 0.533. The maximum Gasteiger partial charge on any atom is 0.324 e. The highest BCUT2D eigenvalue weighted by Crippen LogP contribution is 2.34. The second-order valence-corrected chi connectivity index (χ2v) is 6.88. The standard InChI is InChI=1S/C15H21NO3S/c1-15(2,3)19-14(17)12-9-20-13(16-12)10-5-7-11(18-4)8-6-10/h5-8,12-13,16H,9H2,1-4H3. The van der Waals surface area contributed by atoms with Crippen molar-refractivity contribution in [2.24, 2.45) is 0 Å². The van der Waals surface area contributed by atoms with E-state index in [4.69, 9.17) is 9.47 Å². The molecule has 1 aliphatic rings. The van der Waals surface area contributed by atoms with Crippen molar-refractivity contribution in [3.63, 3.8) is 0 Å². The minimum absolute atomic E-state index is 0.124. The Labute approximate surface area is 124 Å². The van der Waals surface area contributed by atoms with Crippen molar-refractivity contribution in [3.05, 3.63) is 29.8 Å². The Morgan fingerprint density at radius 3 is 2.50 bits per heavy atom. The van der Waals surface area contributed by atoms with Gasteiger partial charge in [0.15, 0.2) is 0 Å². The molecular formula is C15H21NO3S. The van der Waals surface area contributed by atoms with Crippen LogP contribution in [0, 0.1) is 0 Å². The number of carbonyl (C=O) groups is 1. The summed E-state index contributed by atoms with van der Waals surface area (Å²) in [4.78, 5) is 12.0. The van der Waals surface area contributed by atoms with Gasteiger partial charge in [0, 0.05) is 5.75 Å². The molecular weight excluding hydrogens is 274 g/mol. The van der Waals surface area contributed by atoms with Crippen molar-refractivity contribution in [2.45, 2.75) is 37.8 Å². The van der Waals surface area contributed by atoms with Crippen molar-refractivity contribution in [3.8, 4) is 5.75 Å². The molecule has 20 heavy (non-hydrogen) atoms. The zero-order valence-corrected chi connectivity index (χ0v) is 13.1. The predicted molar refractivity (Wildman–Crippen MR) is 81.0 cm³/mol. The predicted octanol–water partition coefficient (Wildman–Crippen LogP) is 2.74. The lowest BCUT2D eigenvalue weighted by Gasteiger charge is -2.22. The summed E-state index contributed by atoms with van der Waals surface area (Å²) in [5.74, 6) is 1.38. The van der Waals surface area contributed by atoms with E-state index in [0.717, 1.165) is 17.1 Å². The van der Waals surface area contributed by atoms with Crippen LogP contribution in [-0.2, 0) is 9.53 Å². The van der Waals surface area contributed by atoms with Crippen LogP contribution in [-0.4, -0.2) is 30.5 Å². The molecule has 2 unspecified atom stereocenters. The summed E-state index contributed by atoms with van der Waals surface area (Å²) in [7, 11) is 1.65. The molecule has 1 heterocycles. The minimum Gasteiger partial charge on any atom is -0.497 e. The fourth-order valence-corrected chi connectivity index (χ4v) is 3.18. The number of rotatable bonds is 3. The van der Waals surface area contributed by atoms with Gasteiger partial charge in [-0.1, -0.05) is 12.1 Å². The van der Waals surface area contributed by atoms with Crippen LogP contribution in [0.25, 0.3) is 0 Å². The van der Waals surface area contributed by atoms with Crippen molar-refractivity contribution in [2.75, 3.05) is 12.9 Å². The number of benzene rings is 1. The molecule has 0 aromatic heterocycles. The fourth-order valence-electron chi connectivity index (χ4n) is 1.95. The molecule has 1 aromatic carbocycles. The summed E-state index contributed by atoms with van der Waals surface area (Å²) < 4.78 is 10.6. The van der Waals surface area contributed by atoms with Crippen LogP contribution >= 0.6 is 11.8 Å². The molecule has 2 rings (SSSR count). The monoisotopic (exact) mass is 295 g/mol. The lowest BCUT2D eigenvalue weighted by Crippen LogP contribution is -2.39. The average molecular weight is 295 g/mol. The normalized spacial score (nSPS) is 22.6. The average Bonchev–Trinajstić information content (AvgIpc) is 2.86. The molecule has 0 bridgehead atoms. The van der Waals surface area contributed by atoms with Crippen LogP contribution in [0.15, 0.2) is 24.3 Å². The molecule has 1 aliphatic heterocycles. The van der Waals surface area contributed by atoms with Crippen LogP contribution < -0.4 is 10.1 Å². The van der Waals surface area contributed by atoms with Gasteiger partial charge in [0.1, 0.15) is 17.4 Å². The zero-order chi connectivity index (χ0) is 14.8. The molecule has 0 aliphatic carbocycles. The first-order valence-electron chi connectivity index (χ1n) is 6.63. The molecule has 0 radical (unpaired) electrons. The van der Waals surface area contributed by atoms with Gasteiger partial charge in [0.25, 0.3) is 0 Å². The third-order valence-corrected chi connectivity index (χ3v) is 4.16. The van der Waals surface area contributed by atoms with E-state index in [0.29, 0.717) is 0 Å². The second-order valence-electron chi connectivity index (χ2n) is 5.74. The summed E-state index contributed by atoms with van der Waals surface area (Å²) in [6, 6.07) is 7.64. The summed E-state index contributed by atoms with van der Waals surface area (Å²) in [6.45, 7) is 5.65. The molecule has 0 saturated carbocycles. The quantitative estimate of drug-likeness (QED) is 0.869. The van der Waals surface area contributed by atoms with Gasteiger partial charge in [-0.2, -0.15) is 0 Å². The minimum atomic E-state index is -0.443. The van der Waals surface area contributed by atoms with Gasteiger partial charge in [0.05, 0.1) is 12.5 Å². The van der Waals surface area contributed by atoms with E-state index in [9.17, 15) is 4.79 Å². The van der Waals surface area contributed by atoms with E-state index in [1.165, 1.54) is 0 Å². The van der Waals surface area contributed by atoms with Gasteiger partial charge in [0.2, 0.25) is 0 Å². The lowest BCUT2D eigenvalue weighted by atomic mass is 10.2. The first-order valence-corrected chi connectivity index (χ1v) is 7.68. The maximum absolute atomic E-state index is 12.0. The largest absolute Gasteiger partial charge is 0.497 e. The summed E-state index contributed by atoms with van der Waals surface area (Å²) in [6.07, 6.45) is 0. The van der Waals surface area contributed by atoms with Gasteiger partial charge >= 0.3 is 5.97 Å². The number of hydrogen-bond acceptors (Lipinski definition) is 5. The Balaban J connectivity index is 1.96. The summed E-state index contributed by atoms with van der Waals surface area (Å²) in [5, 5.41) is 3.44. The topological polar surface area (TPSA) is 47.6 Å². The van der Waals surface area contributed by atoms with E-state index in [1.54, 1.807) is 18.9 Å². The lowest BCUT2D eigenvalue weighted by molar-refractivity contribution is -0.156. The first-order chi connectivity index (χ1) is 9.39. The van der Waals surface area contributed by atoms with Gasteiger partial charge in [-0.05, 0) is 38.5 Å². The second kappa shape index (κ2) is 6.06. The number of nitrogens with one attached hydrogen (secondary N) is 1. The maximum atomic E-state index is 12.0. The molecule has 1 aromatic rings. The Morgan fingerprint density at radius 2 is 1.95 bits per heavy atom. The number of thioether (sulfide) groups is 1. The molecule has 2 atom stereocenters. The number of ether oxygens (including phenoxy) is 2. The highest BCUT2D eigenvalue weighted by molar-refractivity contribution is 7.99. The third-order valence-electron chi connectivity index (χ3n) is 2.89. The Kier molecular flexibility index (Phi) is 4.60. The number of carbonyl (C=O) groups excluding carboxylic acids is 1. The van der Waals surface area contributed by atoms with Crippen molar-refractivity contribution < 1.29 is 14.3 Å². The van der Waals surface area contributed by atoms with Crippen molar-refractivity contribution in [1.29, 1.82) is 0 Å². The van der Waals surface area contributed by atoms with Crippen LogP contribution in [0.1, 0.15) is 31.7 Å². The number of methoxy groups -OCH3 is 1. The summed E-state index contributed by atoms with van der Waals surface area (Å²) >= 11 is 1.72. The van der Waals surface area contributed by atoms with E-state index in [-0.39, 0.29) is 17.4 Å². The van der Waals surface area contributed by atoms with Gasteiger partial charge < -0.3 is 9.47 Å². The SMILES string of the molecule is COc1ccc(C2NC(C(=O)OC(C)(C)C)CS2)cc1. The van der Waals surface area contributed by atoms with Crippen LogP contribution in [0.4, 0.5) is 0 Å². The smallest absolute Gasteiger partial charge is 0.324 e. The molecule has 0 spiro atoms. The first kappa shape index (κ1) is 15.2. The third kappa shape index (κ3) is 3.90. The van der Waals surface area contributed by atoms with Gasteiger partial charge in [-0.3, -0.25) is 10.1 Å². The molecule has 1 saturated heterocycles. The van der Waals surface area contributed by atoms with Crippen LogP contribution in [0.3, 0.4) is 0 Å². The molecule has 4 nitrogen and oxygen atoms in total. The Hall–Kier alpha value is -1.20. The van der Waals surface area contributed by atoms with Gasteiger partial charge in [-0.25, -0.2) is 0 Å². The van der Waals surface area contributed by atoms with E-state index < -0.39 is 5.60 Å². The highest BCUT2D eigenvalue weighted by atomic mass is 32.2. The highest BCUT2D eigenvalue weighted by Gasteiger charge is 2.33. The Morgan fingerprint density at radius 1 is 1.30 bits per heavy atom. The number of hydrogen-bond donors (Lipinski definition) is 1. The number of esters is 1. The molecule has 110 valence electrons. The van der Waals surface area contributed by atoms with Crippen LogP contribution in [0.5, 0.6) is 5.75 Å². The summed E-state index contributed by atoms with van der Waals surface area (Å²) in [5.41, 5.74) is 0.698.